The molecule has 37 heteroatoms. The Hall–Kier alpha value is -6.20. The van der Waals surface area contributed by atoms with Crippen LogP contribution in [-0.2, 0) is 71.1 Å². The zero-order valence-corrected chi connectivity index (χ0v) is 51.2. The predicted octanol–water partition coefficient (Wildman–Crippen LogP) is 2.48. The fourth-order valence-electron chi connectivity index (χ4n) is 10.4. The molecule has 5 aromatic rings. The Morgan fingerprint density at radius 1 is 0.875 bits per heavy atom. The molecule has 32 nitrogen and oxygen atoms in total. The first-order chi connectivity index (χ1) is 42.2. The van der Waals surface area contributed by atoms with Gasteiger partial charge in [0.15, 0.2) is 35.0 Å². The van der Waals surface area contributed by atoms with Crippen LogP contribution in [0.4, 0.5) is 20.7 Å². The summed E-state index contributed by atoms with van der Waals surface area (Å²) in [4.78, 5) is 110. The lowest BCUT2D eigenvalue weighted by Gasteiger charge is -2.28. The number of aromatic amines is 1. The van der Waals surface area contributed by atoms with Gasteiger partial charge in [0.1, 0.15) is 61.2 Å². The van der Waals surface area contributed by atoms with E-state index in [0.29, 0.717) is 29.5 Å². The van der Waals surface area contributed by atoms with Gasteiger partial charge in [-0.3, -0.25) is 51.2 Å². The van der Waals surface area contributed by atoms with Gasteiger partial charge in [-0.05, 0) is 54.8 Å². The molecule has 6 amide bonds. The Balaban J connectivity index is 0.692. The molecule has 0 saturated carbocycles. The summed E-state index contributed by atoms with van der Waals surface area (Å²) < 4.78 is 94.5. The highest BCUT2D eigenvalue weighted by atomic mass is 32.7. The van der Waals surface area contributed by atoms with Gasteiger partial charge in [-0.1, -0.05) is 32.4 Å². The smallest absolute Gasteiger partial charge is 0.382 e. The summed E-state index contributed by atoms with van der Waals surface area (Å²) in [7, 11) is -5.13. The number of nitrogens with zero attached hydrogens (tertiary/aromatic N) is 7. The molecule has 5 aliphatic heterocycles. The van der Waals surface area contributed by atoms with E-state index in [4.69, 9.17) is 42.8 Å². The topological polar surface area (TPSA) is 419 Å². The number of hydrogen-bond donors (Lipinski definition) is 9. The summed E-state index contributed by atoms with van der Waals surface area (Å²) in [5, 5.41) is 17.1. The molecule has 0 bridgehead atoms. The maximum atomic E-state index is 16.6. The Kier molecular flexibility index (Phi) is 21.2. The molecule has 478 valence electrons. The number of rotatable bonds is 24. The first kappa shape index (κ1) is 64.8. The number of nitrogens with one attached hydrogen (secondary N) is 7. The van der Waals surface area contributed by atoms with Gasteiger partial charge in [-0.2, -0.15) is 11.8 Å². The first-order valence-corrected chi connectivity index (χ1v) is 34.0. The number of hydrogen-bond acceptors (Lipinski definition) is 24. The van der Waals surface area contributed by atoms with Crippen molar-refractivity contribution in [3.8, 4) is 0 Å². The monoisotopic (exact) mass is 1310 g/mol. The maximum Gasteiger partial charge on any atom is 0.472 e. The molecule has 0 aliphatic carbocycles. The van der Waals surface area contributed by atoms with Gasteiger partial charge in [0, 0.05) is 41.8 Å². The highest BCUT2D eigenvalue weighted by Crippen LogP contribution is 2.65. The molecule has 5 saturated heterocycles. The number of benzene rings is 1. The summed E-state index contributed by atoms with van der Waals surface area (Å²) in [6.45, 7) is -0.434. The first-order valence-electron chi connectivity index (χ1n) is 28.3. The molecule has 88 heavy (non-hydrogen) atoms. The van der Waals surface area contributed by atoms with E-state index in [2.05, 4.69) is 61.8 Å². The van der Waals surface area contributed by atoms with Crippen molar-refractivity contribution in [3.05, 3.63) is 65.5 Å². The minimum Gasteiger partial charge on any atom is -0.382 e. The van der Waals surface area contributed by atoms with Crippen molar-refractivity contribution in [3.63, 3.8) is 0 Å². The number of amides is 6. The highest BCUT2D eigenvalue weighted by Gasteiger charge is 2.53. The Bertz CT molecular complexity index is 3480. The number of ether oxygens (including phenoxy) is 4. The number of alkyl halides is 1. The summed E-state index contributed by atoms with van der Waals surface area (Å²) in [5.74, 6) is -1.32. The number of nitrogens with two attached hydrogens (primary N) is 1. The number of aromatic nitrogens is 8. The van der Waals surface area contributed by atoms with Crippen LogP contribution in [0.25, 0.3) is 22.3 Å². The van der Waals surface area contributed by atoms with Crippen LogP contribution < -0.4 is 43.2 Å². The fraction of sp³-hybridized carbons (Fsp3) is 0.588. The van der Waals surface area contributed by atoms with Crippen molar-refractivity contribution in [2.45, 2.75) is 131 Å². The van der Waals surface area contributed by atoms with Crippen LogP contribution in [0.2, 0.25) is 0 Å². The minimum absolute atomic E-state index is 0.000586. The van der Waals surface area contributed by atoms with Crippen molar-refractivity contribution in [1.82, 2.24) is 65.6 Å². The number of phosphoric ester groups is 1. The Labute approximate surface area is 509 Å². The van der Waals surface area contributed by atoms with Crippen LogP contribution in [0.3, 0.4) is 0 Å². The third kappa shape index (κ3) is 15.9. The van der Waals surface area contributed by atoms with E-state index in [-0.39, 0.29) is 96.7 Å². The number of carbonyl (C=O) groups is 5. The van der Waals surface area contributed by atoms with Gasteiger partial charge in [0.05, 0.1) is 64.1 Å². The van der Waals surface area contributed by atoms with Crippen LogP contribution in [0.1, 0.15) is 70.9 Å². The number of anilines is 2. The molecule has 5 fully saturated rings. The van der Waals surface area contributed by atoms with Gasteiger partial charge in [-0.25, -0.2) is 43.2 Å². The van der Waals surface area contributed by atoms with Gasteiger partial charge in [0.25, 0.3) is 5.56 Å². The summed E-state index contributed by atoms with van der Waals surface area (Å²) in [6, 6.07) is 4.56. The molecule has 0 spiro atoms. The number of fused-ring (bicyclic) bond motifs is 5. The van der Waals surface area contributed by atoms with Crippen molar-refractivity contribution >= 4 is 101 Å². The van der Waals surface area contributed by atoms with Crippen LogP contribution in [-0.4, -0.2) is 186 Å². The molecule has 10 rings (SSSR count). The highest BCUT2D eigenvalue weighted by molar-refractivity contribution is 8.54. The average Bonchev–Trinajstić information content (AvgIpc) is 2.23. The second-order valence-electron chi connectivity index (χ2n) is 21.6. The number of phosphoric acid groups is 1. The molecular formula is C51H68FN15O17P2S2. The Morgan fingerprint density at radius 3 is 2.44 bits per heavy atom. The zero-order chi connectivity index (χ0) is 62.3. The lowest BCUT2D eigenvalue weighted by molar-refractivity contribution is -0.133. The lowest BCUT2D eigenvalue weighted by atomic mass is 10.0. The third-order valence-electron chi connectivity index (χ3n) is 15.0. The predicted molar refractivity (Wildman–Crippen MR) is 314 cm³/mol. The van der Waals surface area contributed by atoms with Crippen LogP contribution in [0.5, 0.6) is 0 Å². The van der Waals surface area contributed by atoms with Gasteiger partial charge >= 0.3 is 20.7 Å². The van der Waals surface area contributed by atoms with Crippen LogP contribution in [0.15, 0.2) is 54.4 Å². The van der Waals surface area contributed by atoms with Crippen molar-refractivity contribution in [2.75, 3.05) is 63.0 Å². The maximum absolute atomic E-state index is 16.6. The molecule has 3 unspecified atom stereocenters. The summed E-state index contributed by atoms with van der Waals surface area (Å²) in [5.41, 5.74) is 6.70. The molecule has 1 aromatic carbocycles. The van der Waals surface area contributed by atoms with E-state index in [1.54, 1.807) is 38.1 Å². The van der Waals surface area contributed by atoms with Crippen molar-refractivity contribution < 1.29 is 79.4 Å². The second kappa shape index (κ2) is 28.7. The molecule has 10 N–H and O–H groups in total. The standard InChI is InChI=1S/C51H68FN15O17P2S2/c1-26(2)39(64-36(69)19-78-15-14-77-13-12-54-35(68)7-5-4-6-34-40-30(21-87-34)63-51(73)65-40)49(72)61-27(3)47(70)62-29-10-8-28(9-11-29)20-88-86(76)80-18-33-43(38(52)50(82-33)67-25-59-41-44(53)55-22-56-45(41)67)84-85(74,75)79-17-32-31(83-86)16-37(81-32)66-24-60-42-46(66)57-23-58-48(42)71/h8-11,22-27,30-34,37-40,43,50H,4-7,12-21H2,1-3H3,(H,54,68)(H,61,72)(H,62,70)(H,64,69)(H,74,75)(H2,53,55,56)(H,57,58,71)(H2,63,65,73)/t27-,30-,31-,32+,33+,34?,37+,38+,39-,40-,43+,50+,86?/m0/s1. The third-order valence-corrected chi connectivity index (χ3v) is 21.2. The number of thioether (sulfide) groups is 1. The number of nitrogen functional groups attached to an aromatic ring is 1. The number of carbonyl (C=O) groups excluding carboxylic acids is 5. The largest absolute Gasteiger partial charge is 0.472 e. The van der Waals surface area contributed by atoms with E-state index >= 15 is 8.96 Å². The zero-order valence-electron chi connectivity index (χ0n) is 47.8. The van der Waals surface area contributed by atoms with Crippen molar-refractivity contribution in [1.29, 1.82) is 0 Å². The minimum atomic E-state index is -5.13. The van der Waals surface area contributed by atoms with E-state index in [1.807, 2.05) is 11.8 Å². The van der Waals surface area contributed by atoms with E-state index in [1.165, 1.54) is 35.0 Å². The molecular weight excluding hydrogens is 1240 g/mol. The number of halogens is 1. The number of unbranched alkanes of at least 4 members (excludes halogenated alkanes) is 1. The van der Waals surface area contributed by atoms with Gasteiger partial charge in [-0.15, -0.1) is 0 Å². The van der Waals surface area contributed by atoms with Gasteiger partial charge < -0.3 is 66.5 Å². The average molecular weight is 1310 g/mol. The fourth-order valence-corrected chi connectivity index (χ4v) is 16.4. The normalized spacial score (nSPS) is 28.6. The molecule has 14 atom stereocenters. The van der Waals surface area contributed by atoms with E-state index in [0.717, 1.165) is 42.7 Å². The number of imidazole rings is 2. The molecule has 4 aromatic heterocycles. The SMILES string of the molecule is CC(C)[C@H](NC(=O)COCCOCCNC(=O)CCCCC1SC[C@@H]2NC(=O)N[C@H]12)C(=O)N[C@@H](C)C(=O)Nc1ccc(CSP2(=O)OC[C@H]3O[C@@H](n4cnc5c(N)ncnc54)[C@H](F)[C@@H]3OP(=O)(O)OC[C@H]3O[C@@H](n4cnc5c(=O)[nH]cnc54)C[C@@H]3O2)cc1. The number of urea groups is 1. The molecule has 5 aliphatic rings. The van der Waals surface area contributed by atoms with E-state index < -0.39 is 106 Å². The van der Waals surface area contributed by atoms with E-state index in [9.17, 15) is 38.2 Å². The molecule has 0 radical (unpaired) electrons. The second-order valence-corrected chi connectivity index (χ2v) is 28.3. The van der Waals surface area contributed by atoms with Gasteiger partial charge in [0.2, 0.25) is 23.6 Å². The summed E-state index contributed by atoms with van der Waals surface area (Å²) >= 11 is 2.59. The summed E-state index contributed by atoms with van der Waals surface area (Å²) in [6.07, 6.45) is -2.84. The quantitative estimate of drug-likeness (QED) is 0.0243. The number of H-pyrrole nitrogens is 1. The van der Waals surface area contributed by atoms with Crippen LogP contribution >= 0.6 is 37.8 Å². The Morgan fingerprint density at radius 2 is 1.64 bits per heavy atom. The lowest BCUT2D eigenvalue weighted by Crippen LogP contribution is -2.54. The molecule has 9 heterocycles. The van der Waals surface area contributed by atoms with Crippen LogP contribution in [0, 0.1) is 5.92 Å². The van der Waals surface area contributed by atoms with Crippen molar-refractivity contribution in [2.24, 2.45) is 5.92 Å².